The number of nitrogens with zero attached hydrogens (tertiary/aromatic N) is 6. The zero-order valence-electron chi connectivity index (χ0n) is 22.2. The Morgan fingerprint density at radius 1 is 1.13 bits per heavy atom. The van der Waals surface area contributed by atoms with E-state index in [9.17, 15) is 0 Å². The van der Waals surface area contributed by atoms with E-state index in [1.807, 2.05) is 62.0 Å². The molecule has 12 heteroatoms. The van der Waals surface area contributed by atoms with Crippen LogP contribution in [0.4, 0.5) is 11.5 Å². The van der Waals surface area contributed by atoms with Crippen LogP contribution in [0, 0.1) is 0 Å². The Hall–Kier alpha value is -3.67. The Morgan fingerprint density at radius 2 is 2.00 bits per heavy atom. The number of aryl methyl sites for hydroxylation is 1. The molecule has 0 spiro atoms. The van der Waals surface area contributed by atoms with Crippen LogP contribution in [0.15, 0.2) is 67.5 Å². The van der Waals surface area contributed by atoms with E-state index in [-0.39, 0.29) is 31.2 Å². The number of anilines is 2. The molecule has 0 atom stereocenters. The van der Waals surface area contributed by atoms with Gasteiger partial charge in [-0.2, -0.15) is 10.2 Å². The number of hydrogen-bond acceptors (Lipinski definition) is 8. The summed E-state index contributed by atoms with van der Waals surface area (Å²) in [6.45, 7) is 2.16. The van der Waals surface area contributed by atoms with E-state index in [4.69, 9.17) is 21.1 Å². The lowest BCUT2D eigenvalue weighted by Crippen LogP contribution is -3.00. The molecule has 2 N–H and O–H groups in total. The first-order valence-corrected chi connectivity index (χ1v) is 12.8. The second-order valence-corrected chi connectivity index (χ2v) is 9.55. The van der Waals surface area contributed by atoms with Crippen LogP contribution in [0.3, 0.4) is 0 Å². The summed E-state index contributed by atoms with van der Waals surface area (Å²) in [7, 11) is 1.90. The van der Waals surface area contributed by atoms with Gasteiger partial charge in [0.2, 0.25) is 0 Å². The molecular formula is C27H28BrClN8O2. The van der Waals surface area contributed by atoms with Gasteiger partial charge in [-0.05, 0) is 62.3 Å². The molecule has 5 aromatic rings. The Balaban J connectivity index is 0.00000185. The summed E-state index contributed by atoms with van der Waals surface area (Å²) in [6, 6.07) is 11.4. The summed E-state index contributed by atoms with van der Waals surface area (Å²) in [5, 5.41) is 16.6. The van der Waals surface area contributed by atoms with Crippen molar-refractivity contribution in [3.8, 4) is 22.6 Å². The van der Waals surface area contributed by atoms with Crippen molar-refractivity contribution in [1.82, 2.24) is 34.8 Å². The highest BCUT2D eigenvalue weighted by Gasteiger charge is 2.20. The number of piperidine rings is 1. The highest BCUT2D eigenvalue weighted by atomic mass is 79.9. The highest BCUT2D eigenvalue weighted by Crippen LogP contribution is 2.38. The molecule has 0 amide bonds. The summed E-state index contributed by atoms with van der Waals surface area (Å²) in [5.74, 6) is 2.01. The zero-order valence-corrected chi connectivity index (χ0v) is 23.6. The van der Waals surface area contributed by atoms with Crippen LogP contribution in [0.1, 0.15) is 14.3 Å². The largest absolute Gasteiger partial charge is 1.00 e. The molecular weight excluding hydrogens is 584 g/mol. The van der Waals surface area contributed by atoms with Gasteiger partial charge in [0.1, 0.15) is 29.7 Å². The highest BCUT2D eigenvalue weighted by molar-refractivity contribution is 6.32. The first-order valence-electron chi connectivity index (χ1n) is 12.4. The van der Waals surface area contributed by atoms with E-state index in [1.54, 1.807) is 21.9 Å². The molecule has 0 bridgehead atoms. The lowest BCUT2D eigenvalue weighted by Gasteiger charge is -2.25. The van der Waals surface area contributed by atoms with Crippen molar-refractivity contribution >= 4 is 34.0 Å². The molecule has 1 fully saturated rings. The van der Waals surface area contributed by atoms with Gasteiger partial charge < -0.3 is 37.1 Å². The minimum Gasteiger partial charge on any atom is -1.00 e. The van der Waals surface area contributed by atoms with Crippen molar-refractivity contribution < 1.29 is 27.9 Å². The van der Waals surface area contributed by atoms with Gasteiger partial charge in [-0.15, -0.1) is 0 Å². The predicted molar refractivity (Wildman–Crippen MR) is 147 cm³/mol. The molecule has 3 aromatic heterocycles. The molecule has 39 heavy (non-hydrogen) atoms. The minimum absolute atomic E-state index is 0. The number of hydrogen-bond donors (Lipinski definition) is 2. The lowest BCUT2D eigenvalue weighted by atomic mass is 10.0. The molecule has 2 aromatic carbocycles. The van der Waals surface area contributed by atoms with Crippen molar-refractivity contribution in [3.05, 3.63) is 72.5 Å². The van der Waals surface area contributed by atoms with Crippen LogP contribution in [0.5, 0.6) is 11.5 Å². The lowest BCUT2D eigenvalue weighted by molar-refractivity contribution is -0.00000940. The Kier molecular flexibility index (Phi) is 8.30. The normalized spacial score (nSPS) is 13.7. The van der Waals surface area contributed by atoms with Gasteiger partial charge in [0.05, 0.1) is 16.7 Å². The van der Waals surface area contributed by atoms with Gasteiger partial charge in [-0.25, -0.2) is 14.6 Å². The summed E-state index contributed by atoms with van der Waals surface area (Å²) < 4.78 is 15.8. The van der Waals surface area contributed by atoms with Crippen molar-refractivity contribution in [3.63, 3.8) is 0 Å². The van der Waals surface area contributed by atoms with Crippen LogP contribution >= 0.6 is 11.6 Å². The number of nitrogens with one attached hydrogen (secondary N) is 2. The fourth-order valence-electron chi connectivity index (χ4n) is 4.50. The molecule has 6 rings (SSSR count). The number of aromatic nitrogens is 6. The van der Waals surface area contributed by atoms with Gasteiger partial charge in [0.25, 0.3) is 0 Å². The van der Waals surface area contributed by atoms with Crippen molar-refractivity contribution in [2.45, 2.75) is 25.7 Å². The van der Waals surface area contributed by atoms with Crippen LogP contribution in [-0.4, -0.2) is 48.7 Å². The maximum absolute atomic E-state index is 6.55. The zero-order chi connectivity index (χ0) is 25.9. The molecule has 10 nitrogen and oxygen atoms in total. The third-order valence-electron chi connectivity index (χ3n) is 6.44. The van der Waals surface area contributed by atoms with Gasteiger partial charge in [-0.3, -0.25) is 4.68 Å². The first-order chi connectivity index (χ1) is 18.6. The summed E-state index contributed by atoms with van der Waals surface area (Å²) >= 11 is 6.52. The monoisotopic (exact) mass is 610 g/mol. The van der Waals surface area contributed by atoms with Crippen LogP contribution < -0.4 is 37.1 Å². The maximum Gasteiger partial charge on any atom is 1.00 e. The fourth-order valence-corrected chi connectivity index (χ4v) is 4.74. The molecule has 1 saturated heterocycles. The molecule has 0 saturated carbocycles. The summed E-state index contributed by atoms with van der Waals surface area (Å²) in [6.07, 6.45) is 10.9. The number of fused-ring (bicyclic) bond motifs is 1. The third-order valence-corrected chi connectivity index (χ3v) is 6.73. The third kappa shape index (κ3) is 6.16. The SMILES string of the molecule is Cn1cc(-c2cc3ncnc(Nc4ccc(OCn5cccn5)c(Cl)c4)c3cc2OC2CCNCC2)cn1.[Br-].[H+]. The first kappa shape index (κ1) is 26.9. The van der Waals surface area contributed by atoms with Gasteiger partial charge in [0.15, 0.2) is 6.73 Å². The standard InChI is InChI=1S/C27H27ClN8O2.BrH/c1-35-15-18(14-33-35)21-12-24-22(13-26(21)38-20-5-8-29-9-6-20)27(31-16-30-24)34-19-3-4-25(23(28)11-19)37-17-36-10-2-7-32-36;/h2-4,7,10-16,20,29H,5-6,8-9,17H2,1H3,(H,30,31,34);1H. The predicted octanol–water partition coefficient (Wildman–Crippen LogP) is 1.91. The fraction of sp³-hybridized carbons (Fsp3) is 0.259. The molecule has 202 valence electrons. The Morgan fingerprint density at radius 3 is 2.74 bits per heavy atom. The van der Waals surface area contributed by atoms with E-state index < -0.39 is 0 Å². The average molecular weight is 612 g/mol. The number of ether oxygens (including phenoxy) is 2. The van der Waals surface area contributed by atoms with E-state index in [2.05, 4.69) is 30.8 Å². The maximum atomic E-state index is 6.55. The van der Waals surface area contributed by atoms with E-state index in [1.165, 1.54) is 0 Å². The number of halogens is 2. The van der Waals surface area contributed by atoms with Gasteiger partial charge in [0, 0.05) is 47.8 Å². The van der Waals surface area contributed by atoms with Gasteiger partial charge in [-0.1, -0.05) is 11.6 Å². The van der Waals surface area contributed by atoms with Crippen molar-refractivity contribution in [2.75, 3.05) is 18.4 Å². The minimum atomic E-state index is 0. The smallest absolute Gasteiger partial charge is 1.00 e. The van der Waals surface area contributed by atoms with E-state index in [0.717, 1.165) is 59.4 Å². The second kappa shape index (κ2) is 12.0. The summed E-state index contributed by atoms with van der Waals surface area (Å²) in [4.78, 5) is 9.08. The molecule has 1 aliphatic rings. The molecule has 1 aliphatic heterocycles. The molecule has 0 aliphatic carbocycles. The number of benzene rings is 2. The van der Waals surface area contributed by atoms with Gasteiger partial charge >= 0.3 is 1.43 Å². The quantitative estimate of drug-likeness (QED) is 0.274. The average Bonchev–Trinajstić information content (AvgIpc) is 3.61. The summed E-state index contributed by atoms with van der Waals surface area (Å²) in [5.41, 5.74) is 3.50. The number of rotatable bonds is 8. The van der Waals surface area contributed by atoms with Crippen LogP contribution in [-0.2, 0) is 13.8 Å². The molecule has 0 unspecified atom stereocenters. The molecule has 4 heterocycles. The Labute approximate surface area is 242 Å². The van der Waals surface area contributed by atoms with E-state index in [0.29, 0.717) is 16.6 Å². The topological polar surface area (TPSA) is 104 Å². The van der Waals surface area contributed by atoms with Crippen LogP contribution in [0.25, 0.3) is 22.0 Å². The van der Waals surface area contributed by atoms with Crippen LogP contribution in [0.2, 0.25) is 5.02 Å². The second-order valence-electron chi connectivity index (χ2n) is 9.15. The Bertz CT molecular complexity index is 1560. The molecule has 0 radical (unpaired) electrons. The van der Waals surface area contributed by atoms with Crippen molar-refractivity contribution in [1.29, 1.82) is 0 Å². The van der Waals surface area contributed by atoms with Crippen molar-refractivity contribution in [2.24, 2.45) is 7.05 Å². The van der Waals surface area contributed by atoms with E-state index >= 15 is 0 Å².